The number of sulfonamides is 1. The van der Waals surface area contributed by atoms with Crippen LogP contribution in [0, 0.1) is 0 Å². The average molecular weight is 298 g/mol. The van der Waals surface area contributed by atoms with Crippen LogP contribution in [0.3, 0.4) is 0 Å². The van der Waals surface area contributed by atoms with E-state index in [-0.39, 0.29) is 11.8 Å². The molecule has 0 aliphatic carbocycles. The summed E-state index contributed by atoms with van der Waals surface area (Å²) in [5.41, 5.74) is 6.64. The highest BCUT2D eigenvalue weighted by Gasteiger charge is 2.29. The normalized spacial score (nSPS) is 20.0. The quantitative estimate of drug-likeness (QED) is 0.809. The molecule has 1 fully saturated rings. The van der Waals surface area contributed by atoms with E-state index in [2.05, 4.69) is 4.74 Å². The number of rotatable bonds is 4. The third-order valence-electron chi connectivity index (χ3n) is 3.28. The maximum Gasteiger partial charge on any atom is 0.337 e. The molecule has 0 spiro atoms. The average Bonchev–Trinajstić information content (AvgIpc) is 2.85. The van der Waals surface area contributed by atoms with Crippen molar-refractivity contribution in [2.24, 2.45) is 5.73 Å². The Kier molecular flexibility index (Phi) is 4.42. The number of methoxy groups -OCH3 is 1. The van der Waals surface area contributed by atoms with Crippen LogP contribution in [0.15, 0.2) is 24.3 Å². The van der Waals surface area contributed by atoms with Crippen LogP contribution in [-0.2, 0) is 20.5 Å². The summed E-state index contributed by atoms with van der Waals surface area (Å²) in [7, 11) is -2.10. The number of esters is 1. The summed E-state index contributed by atoms with van der Waals surface area (Å²) in [5, 5.41) is 0. The SMILES string of the molecule is COC(=O)c1cccc(CS(=O)(=O)N2CCC(N)C2)c1. The zero-order valence-corrected chi connectivity index (χ0v) is 12.1. The van der Waals surface area contributed by atoms with Crippen molar-refractivity contribution in [3.8, 4) is 0 Å². The van der Waals surface area contributed by atoms with E-state index >= 15 is 0 Å². The van der Waals surface area contributed by atoms with Crippen molar-refractivity contribution < 1.29 is 17.9 Å². The first-order valence-electron chi connectivity index (χ1n) is 6.33. The number of carbonyl (C=O) groups is 1. The van der Waals surface area contributed by atoms with Crippen molar-refractivity contribution >= 4 is 16.0 Å². The van der Waals surface area contributed by atoms with Gasteiger partial charge in [-0.3, -0.25) is 0 Å². The summed E-state index contributed by atoms with van der Waals surface area (Å²) in [4.78, 5) is 11.4. The molecule has 110 valence electrons. The summed E-state index contributed by atoms with van der Waals surface area (Å²) in [6.45, 7) is 0.819. The molecule has 1 heterocycles. The van der Waals surface area contributed by atoms with Crippen LogP contribution in [-0.4, -0.2) is 44.9 Å². The Labute approximate surface area is 118 Å². The van der Waals surface area contributed by atoms with Gasteiger partial charge in [-0.1, -0.05) is 12.1 Å². The van der Waals surface area contributed by atoms with Crippen LogP contribution in [0.1, 0.15) is 22.3 Å². The fraction of sp³-hybridized carbons (Fsp3) is 0.462. The molecule has 1 saturated heterocycles. The molecule has 0 aromatic heterocycles. The van der Waals surface area contributed by atoms with E-state index < -0.39 is 16.0 Å². The van der Waals surface area contributed by atoms with Crippen molar-refractivity contribution in [3.63, 3.8) is 0 Å². The summed E-state index contributed by atoms with van der Waals surface area (Å²) < 4.78 is 30.5. The number of hydrogen-bond acceptors (Lipinski definition) is 5. The zero-order chi connectivity index (χ0) is 14.8. The third-order valence-corrected chi connectivity index (χ3v) is 5.09. The molecule has 1 unspecified atom stereocenters. The molecule has 20 heavy (non-hydrogen) atoms. The van der Waals surface area contributed by atoms with E-state index in [1.165, 1.54) is 11.4 Å². The first kappa shape index (κ1) is 15.0. The number of benzene rings is 1. The maximum absolute atomic E-state index is 12.3. The Morgan fingerprint density at radius 2 is 2.25 bits per heavy atom. The van der Waals surface area contributed by atoms with Crippen LogP contribution in [0.2, 0.25) is 0 Å². The minimum absolute atomic E-state index is 0.0915. The lowest BCUT2D eigenvalue weighted by Crippen LogP contribution is -2.32. The standard InChI is InChI=1S/C13H18N2O4S/c1-19-13(16)11-4-2-3-10(7-11)9-20(17,18)15-6-5-12(14)8-15/h2-4,7,12H,5-6,8-9,14H2,1H3. The molecule has 1 aliphatic rings. The molecule has 1 aliphatic heterocycles. The number of hydrogen-bond donors (Lipinski definition) is 1. The third kappa shape index (κ3) is 3.36. The lowest BCUT2D eigenvalue weighted by atomic mass is 10.1. The van der Waals surface area contributed by atoms with Crippen molar-refractivity contribution in [1.82, 2.24) is 4.31 Å². The molecule has 0 amide bonds. The highest BCUT2D eigenvalue weighted by atomic mass is 32.2. The van der Waals surface area contributed by atoms with E-state index in [4.69, 9.17) is 5.73 Å². The second kappa shape index (κ2) is 5.90. The zero-order valence-electron chi connectivity index (χ0n) is 11.3. The van der Waals surface area contributed by atoms with Gasteiger partial charge >= 0.3 is 5.97 Å². The second-order valence-electron chi connectivity index (χ2n) is 4.85. The lowest BCUT2D eigenvalue weighted by Gasteiger charge is -2.16. The fourth-order valence-electron chi connectivity index (χ4n) is 2.21. The van der Waals surface area contributed by atoms with Gasteiger partial charge in [0.25, 0.3) is 0 Å². The first-order chi connectivity index (χ1) is 9.42. The van der Waals surface area contributed by atoms with Crippen LogP contribution >= 0.6 is 0 Å². The Morgan fingerprint density at radius 3 is 2.85 bits per heavy atom. The van der Waals surface area contributed by atoms with E-state index in [1.54, 1.807) is 24.3 Å². The van der Waals surface area contributed by atoms with Gasteiger partial charge in [0.05, 0.1) is 18.4 Å². The molecule has 1 atom stereocenters. The molecule has 2 N–H and O–H groups in total. The van der Waals surface area contributed by atoms with Crippen LogP contribution in [0.4, 0.5) is 0 Å². The van der Waals surface area contributed by atoms with Gasteiger partial charge in [0.1, 0.15) is 0 Å². The van der Waals surface area contributed by atoms with Gasteiger partial charge in [-0.2, -0.15) is 0 Å². The van der Waals surface area contributed by atoms with Crippen LogP contribution < -0.4 is 5.73 Å². The van der Waals surface area contributed by atoms with Gasteiger partial charge in [-0.15, -0.1) is 0 Å². The molecular weight excluding hydrogens is 280 g/mol. The van der Waals surface area contributed by atoms with E-state index in [1.807, 2.05) is 0 Å². The molecule has 0 bridgehead atoms. The molecule has 1 aromatic carbocycles. The first-order valence-corrected chi connectivity index (χ1v) is 7.94. The predicted octanol–water partition coefficient (Wildman–Crippen LogP) is 0.336. The largest absolute Gasteiger partial charge is 0.465 e. The lowest BCUT2D eigenvalue weighted by molar-refractivity contribution is 0.0600. The molecule has 1 aromatic rings. The van der Waals surface area contributed by atoms with Gasteiger partial charge < -0.3 is 10.5 Å². The highest BCUT2D eigenvalue weighted by molar-refractivity contribution is 7.88. The minimum atomic E-state index is -3.39. The van der Waals surface area contributed by atoms with Gasteiger partial charge in [-0.05, 0) is 24.1 Å². The molecule has 0 saturated carbocycles. The number of nitrogens with two attached hydrogens (primary N) is 1. The summed E-state index contributed by atoms with van der Waals surface area (Å²) in [6, 6.07) is 6.37. The monoisotopic (exact) mass is 298 g/mol. The van der Waals surface area contributed by atoms with Crippen LogP contribution in [0.25, 0.3) is 0 Å². The Bertz CT molecular complexity index is 600. The topological polar surface area (TPSA) is 89.7 Å². The van der Waals surface area contributed by atoms with Gasteiger partial charge in [-0.25, -0.2) is 17.5 Å². The second-order valence-corrected chi connectivity index (χ2v) is 6.82. The number of ether oxygens (including phenoxy) is 1. The van der Waals surface area contributed by atoms with Gasteiger partial charge in [0.2, 0.25) is 10.0 Å². The molecule has 0 radical (unpaired) electrons. The van der Waals surface area contributed by atoms with Crippen molar-refractivity contribution in [3.05, 3.63) is 35.4 Å². The van der Waals surface area contributed by atoms with E-state index in [0.29, 0.717) is 30.6 Å². The minimum Gasteiger partial charge on any atom is -0.465 e. The van der Waals surface area contributed by atoms with Gasteiger partial charge in [0, 0.05) is 19.1 Å². The Hall–Kier alpha value is -1.44. The number of nitrogens with zero attached hydrogens (tertiary/aromatic N) is 1. The molecule has 6 nitrogen and oxygen atoms in total. The van der Waals surface area contributed by atoms with Crippen molar-refractivity contribution in [1.29, 1.82) is 0 Å². The number of carbonyl (C=O) groups excluding carboxylic acids is 1. The fourth-order valence-corrected chi connectivity index (χ4v) is 3.80. The Balaban J connectivity index is 2.15. The molecular formula is C13H18N2O4S. The van der Waals surface area contributed by atoms with E-state index in [9.17, 15) is 13.2 Å². The summed E-state index contributed by atoms with van der Waals surface area (Å²) in [6.07, 6.45) is 0.682. The summed E-state index contributed by atoms with van der Waals surface area (Å²) >= 11 is 0. The predicted molar refractivity (Wildman–Crippen MR) is 74.6 cm³/mol. The smallest absolute Gasteiger partial charge is 0.337 e. The highest BCUT2D eigenvalue weighted by Crippen LogP contribution is 2.17. The van der Waals surface area contributed by atoms with Gasteiger partial charge in [0.15, 0.2) is 0 Å². The maximum atomic E-state index is 12.3. The molecule has 2 rings (SSSR count). The van der Waals surface area contributed by atoms with E-state index in [0.717, 1.165) is 0 Å². The Morgan fingerprint density at radius 1 is 1.50 bits per heavy atom. The van der Waals surface area contributed by atoms with Crippen molar-refractivity contribution in [2.45, 2.75) is 18.2 Å². The summed E-state index contributed by atoms with van der Waals surface area (Å²) in [5.74, 6) is -0.614. The van der Waals surface area contributed by atoms with Crippen molar-refractivity contribution in [2.75, 3.05) is 20.2 Å². The van der Waals surface area contributed by atoms with Crippen LogP contribution in [0.5, 0.6) is 0 Å². The molecule has 7 heteroatoms.